The van der Waals surface area contributed by atoms with E-state index in [1.165, 1.54) is 15.9 Å². The minimum atomic E-state index is -0.446. The minimum Gasteiger partial charge on any atom is -0.273 e. The summed E-state index contributed by atoms with van der Waals surface area (Å²) in [5.74, 6) is -0.590. The number of imide groups is 1. The Bertz CT molecular complexity index is 778. The van der Waals surface area contributed by atoms with Gasteiger partial charge in [0.1, 0.15) is 0 Å². The van der Waals surface area contributed by atoms with E-state index in [1.807, 2.05) is 0 Å². The second-order valence-electron chi connectivity index (χ2n) is 5.91. The monoisotopic (exact) mass is 395 g/mol. The van der Waals surface area contributed by atoms with Crippen LogP contribution in [0.2, 0.25) is 0 Å². The molecule has 0 radical (unpaired) electrons. The van der Waals surface area contributed by atoms with Crippen LogP contribution >= 0.6 is 19.7 Å². The molecular weight excluding hydrogens is 377 g/mol. The lowest BCUT2D eigenvalue weighted by molar-refractivity contribution is -0.132. The SMILES string of the molecule is O=C1CCC(=O)N1Cl.c1ccc(P(c2ccccc2)c2ccccc2)cc1. The molecule has 0 unspecified atom stereocenters. The molecule has 0 saturated carbocycles. The Morgan fingerprint density at radius 2 is 0.889 bits per heavy atom. The predicted molar refractivity (Wildman–Crippen MR) is 112 cm³/mol. The van der Waals surface area contributed by atoms with Gasteiger partial charge in [-0.05, 0) is 23.8 Å². The summed E-state index contributed by atoms with van der Waals surface area (Å²) in [6, 6.07) is 32.3. The quantitative estimate of drug-likeness (QED) is 0.385. The van der Waals surface area contributed by atoms with Crippen LogP contribution in [0.4, 0.5) is 0 Å². The third-order valence-electron chi connectivity index (χ3n) is 4.03. The predicted octanol–water partition coefficient (Wildman–Crippen LogP) is 3.73. The van der Waals surface area contributed by atoms with Gasteiger partial charge in [-0.2, -0.15) is 4.42 Å². The van der Waals surface area contributed by atoms with E-state index in [-0.39, 0.29) is 24.7 Å². The standard InChI is InChI=1S/C18H15P.C4H4ClNO2/c1-4-10-16(11-5-1)19(17-12-6-2-7-13-17)18-14-8-3-9-15-18;5-6-3(7)1-2-4(6)8/h1-15H;1-2H2. The summed E-state index contributed by atoms with van der Waals surface area (Å²) < 4.78 is 0.639. The van der Waals surface area contributed by atoms with Crippen molar-refractivity contribution < 1.29 is 9.59 Å². The molecule has 3 aromatic carbocycles. The Kier molecular flexibility index (Phi) is 6.75. The maximum absolute atomic E-state index is 10.4. The molecule has 0 atom stereocenters. The molecule has 1 aliphatic rings. The van der Waals surface area contributed by atoms with Gasteiger partial charge in [-0.25, -0.2) is 0 Å². The van der Waals surface area contributed by atoms with E-state index in [0.717, 1.165) is 0 Å². The van der Waals surface area contributed by atoms with Gasteiger partial charge in [-0.1, -0.05) is 91.0 Å². The Labute approximate surface area is 165 Å². The van der Waals surface area contributed by atoms with Crippen LogP contribution < -0.4 is 15.9 Å². The van der Waals surface area contributed by atoms with Gasteiger partial charge in [0.05, 0.1) is 0 Å². The molecule has 0 bridgehead atoms. The van der Waals surface area contributed by atoms with Crippen molar-refractivity contribution in [2.24, 2.45) is 0 Å². The van der Waals surface area contributed by atoms with Crippen molar-refractivity contribution in [2.45, 2.75) is 12.8 Å². The highest BCUT2D eigenvalue weighted by molar-refractivity contribution is 7.79. The molecule has 4 rings (SSSR count). The Hall–Kier alpha value is -2.48. The molecule has 1 heterocycles. The number of carbonyl (C=O) groups excluding carboxylic acids is 2. The van der Waals surface area contributed by atoms with Crippen LogP contribution in [0.15, 0.2) is 91.0 Å². The van der Waals surface area contributed by atoms with Crippen molar-refractivity contribution in [1.82, 2.24) is 4.42 Å². The molecule has 3 nitrogen and oxygen atoms in total. The number of benzene rings is 3. The van der Waals surface area contributed by atoms with Gasteiger partial charge >= 0.3 is 0 Å². The van der Waals surface area contributed by atoms with Crippen molar-refractivity contribution in [2.75, 3.05) is 0 Å². The van der Waals surface area contributed by atoms with Crippen LogP contribution in [0.25, 0.3) is 0 Å². The molecular formula is C22H19ClNO2P. The van der Waals surface area contributed by atoms with E-state index >= 15 is 0 Å². The normalized spacial score (nSPS) is 13.5. The van der Waals surface area contributed by atoms with Crippen molar-refractivity contribution in [1.29, 1.82) is 0 Å². The summed E-state index contributed by atoms with van der Waals surface area (Å²) in [6.45, 7) is 0. The first kappa shape index (κ1) is 19.3. The first-order chi connectivity index (χ1) is 13.2. The molecule has 5 heteroatoms. The topological polar surface area (TPSA) is 37.4 Å². The van der Waals surface area contributed by atoms with Gasteiger partial charge in [0.25, 0.3) is 0 Å². The fourth-order valence-corrected chi connectivity index (χ4v) is 5.20. The van der Waals surface area contributed by atoms with Gasteiger partial charge in [0.2, 0.25) is 11.8 Å². The van der Waals surface area contributed by atoms with E-state index in [1.54, 1.807) is 0 Å². The van der Waals surface area contributed by atoms with Crippen LogP contribution in [-0.2, 0) is 9.59 Å². The Morgan fingerprint density at radius 1 is 0.593 bits per heavy atom. The van der Waals surface area contributed by atoms with Crippen LogP contribution in [-0.4, -0.2) is 16.2 Å². The molecule has 3 aromatic rings. The fraction of sp³-hybridized carbons (Fsp3) is 0.0909. The Morgan fingerprint density at radius 3 is 1.11 bits per heavy atom. The van der Waals surface area contributed by atoms with Gasteiger partial charge < -0.3 is 0 Å². The zero-order chi connectivity index (χ0) is 19.1. The second kappa shape index (κ2) is 9.45. The van der Waals surface area contributed by atoms with Crippen LogP contribution in [0.1, 0.15) is 12.8 Å². The van der Waals surface area contributed by atoms with E-state index in [0.29, 0.717) is 4.42 Å². The second-order valence-corrected chi connectivity index (χ2v) is 8.47. The van der Waals surface area contributed by atoms with Crippen LogP contribution in [0.5, 0.6) is 0 Å². The van der Waals surface area contributed by atoms with Crippen LogP contribution in [0, 0.1) is 0 Å². The summed E-state index contributed by atoms with van der Waals surface area (Å²) in [4.78, 5) is 20.7. The molecule has 0 aliphatic carbocycles. The van der Waals surface area contributed by atoms with Crippen molar-refractivity contribution in [3.8, 4) is 0 Å². The van der Waals surface area contributed by atoms with Crippen LogP contribution in [0.3, 0.4) is 0 Å². The van der Waals surface area contributed by atoms with E-state index in [2.05, 4.69) is 91.0 Å². The number of hydrogen-bond donors (Lipinski definition) is 0. The fourth-order valence-electron chi connectivity index (χ4n) is 2.73. The number of nitrogens with zero attached hydrogens (tertiary/aromatic N) is 1. The van der Waals surface area contributed by atoms with Crippen molar-refractivity contribution in [3.63, 3.8) is 0 Å². The summed E-state index contributed by atoms with van der Waals surface area (Å²) in [6.07, 6.45) is 0.532. The van der Waals surface area contributed by atoms with E-state index < -0.39 is 7.92 Å². The molecule has 136 valence electrons. The summed E-state index contributed by atoms with van der Waals surface area (Å²) >= 11 is 5.15. The van der Waals surface area contributed by atoms with Crippen molar-refractivity contribution >= 4 is 47.4 Å². The molecule has 0 N–H and O–H groups in total. The van der Waals surface area contributed by atoms with Gasteiger partial charge in [0, 0.05) is 24.6 Å². The molecule has 0 spiro atoms. The third kappa shape index (κ3) is 5.03. The largest absolute Gasteiger partial charge is 0.273 e. The number of amides is 2. The minimum absolute atomic E-state index is 0.266. The zero-order valence-electron chi connectivity index (χ0n) is 14.7. The summed E-state index contributed by atoms with van der Waals surface area (Å²) in [7, 11) is -0.446. The van der Waals surface area contributed by atoms with E-state index in [9.17, 15) is 9.59 Å². The van der Waals surface area contributed by atoms with Gasteiger partial charge in [-0.15, -0.1) is 0 Å². The third-order valence-corrected chi connectivity index (χ3v) is 6.85. The summed E-state index contributed by atoms with van der Waals surface area (Å²) in [5.41, 5.74) is 0. The number of rotatable bonds is 3. The lowest BCUT2D eigenvalue weighted by Crippen LogP contribution is -2.20. The van der Waals surface area contributed by atoms with Gasteiger partial charge in [-0.3, -0.25) is 9.59 Å². The average molecular weight is 396 g/mol. The molecule has 1 aliphatic heterocycles. The smallest absolute Gasteiger partial charge is 0.244 e. The average Bonchev–Trinajstić information content (AvgIpc) is 3.02. The first-order valence-corrected chi connectivity index (χ1v) is 10.3. The maximum atomic E-state index is 10.4. The molecule has 2 amide bonds. The highest BCUT2D eigenvalue weighted by Gasteiger charge is 2.26. The highest BCUT2D eigenvalue weighted by atomic mass is 35.5. The van der Waals surface area contributed by atoms with E-state index in [4.69, 9.17) is 11.8 Å². The first-order valence-electron chi connectivity index (χ1n) is 8.63. The number of carbonyl (C=O) groups is 2. The molecule has 0 aromatic heterocycles. The molecule has 27 heavy (non-hydrogen) atoms. The van der Waals surface area contributed by atoms with Crippen molar-refractivity contribution in [3.05, 3.63) is 91.0 Å². The zero-order valence-corrected chi connectivity index (χ0v) is 16.3. The molecule has 1 fully saturated rings. The molecule has 1 saturated heterocycles. The summed E-state index contributed by atoms with van der Waals surface area (Å²) in [5, 5.41) is 4.19. The lowest BCUT2D eigenvalue weighted by atomic mass is 10.4. The number of halogens is 1. The van der Waals surface area contributed by atoms with Gasteiger partial charge in [0.15, 0.2) is 0 Å². The number of hydrogen-bond acceptors (Lipinski definition) is 2. The maximum Gasteiger partial charge on any atom is 0.244 e. The highest BCUT2D eigenvalue weighted by Crippen LogP contribution is 2.32. The Balaban J connectivity index is 0.000000221. The lowest BCUT2D eigenvalue weighted by Gasteiger charge is -2.18.